The molecule has 31 heavy (non-hydrogen) atoms. The fourth-order valence-electron chi connectivity index (χ4n) is 3.51. The van der Waals surface area contributed by atoms with Gasteiger partial charge >= 0.3 is 0 Å². The van der Waals surface area contributed by atoms with Gasteiger partial charge in [0.15, 0.2) is 0 Å². The Hall–Kier alpha value is -3.29. The molecule has 0 aliphatic carbocycles. The number of nitrogens with one attached hydrogen (secondary N) is 2. The standard InChI is InChI=1S/C24H24N4O2S/c1-16-9-11-17(12-10-16)23(20-8-5-13-31-20)27-22(29)15-28(2)14-21-25-19-7-4-3-6-18(19)24(30)26-21/h3-13,23H,14-15H2,1-2H3,(H,27,29)(H,25,26,30). The Morgan fingerprint density at radius 2 is 1.90 bits per heavy atom. The van der Waals surface area contributed by atoms with Crippen molar-refractivity contribution < 1.29 is 4.79 Å². The van der Waals surface area contributed by atoms with Crippen molar-refractivity contribution in [3.63, 3.8) is 0 Å². The molecule has 0 radical (unpaired) electrons. The van der Waals surface area contributed by atoms with Crippen LogP contribution in [0.25, 0.3) is 10.9 Å². The van der Waals surface area contributed by atoms with E-state index in [1.807, 2.05) is 66.7 Å². The van der Waals surface area contributed by atoms with Crippen molar-refractivity contribution in [2.75, 3.05) is 13.6 Å². The van der Waals surface area contributed by atoms with Crippen LogP contribution in [0, 0.1) is 6.92 Å². The van der Waals surface area contributed by atoms with Crippen LogP contribution in [0.3, 0.4) is 0 Å². The molecule has 7 heteroatoms. The van der Waals surface area contributed by atoms with Gasteiger partial charge in [-0.15, -0.1) is 11.3 Å². The number of carbonyl (C=O) groups excluding carboxylic acids is 1. The SMILES string of the molecule is Cc1ccc(C(NC(=O)CN(C)Cc2nc3ccccc3c(=O)[nH]2)c2cccs2)cc1. The Morgan fingerprint density at radius 3 is 2.65 bits per heavy atom. The van der Waals surface area contributed by atoms with Gasteiger partial charge in [-0.05, 0) is 43.1 Å². The number of aromatic amines is 1. The summed E-state index contributed by atoms with van der Waals surface area (Å²) in [6.07, 6.45) is 0. The van der Waals surface area contributed by atoms with E-state index in [2.05, 4.69) is 27.4 Å². The lowest BCUT2D eigenvalue weighted by atomic mass is 10.0. The molecule has 0 saturated heterocycles. The van der Waals surface area contributed by atoms with Gasteiger partial charge in [-0.25, -0.2) is 4.98 Å². The third kappa shape index (κ3) is 5.07. The molecule has 1 atom stereocenters. The second kappa shape index (κ2) is 9.24. The summed E-state index contributed by atoms with van der Waals surface area (Å²) in [6, 6.07) is 19.3. The molecule has 0 aliphatic rings. The highest BCUT2D eigenvalue weighted by Crippen LogP contribution is 2.26. The lowest BCUT2D eigenvalue weighted by molar-refractivity contribution is -0.122. The third-order valence-electron chi connectivity index (χ3n) is 5.04. The third-order valence-corrected chi connectivity index (χ3v) is 5.98. The quantitative estimate of drug-likeness (QED) is 0.468. The maximum absolute atomic E-state index is 12.8. The van der Waals surface area contributed by atoms with Crippen molar-refractivity contribution in [2.45, 2.75) is 19.5 Å². The molecule has 2 heterocycles. The summed E-state index contributed by atoms with van der Waals surface area (Å²) in [5.74, 6) is 0.442. The van der Waals surface area contributed by atoms with E-state index in [4.69, 9.17) is 0 Å². The number of aromatic nitrogens is 2. The number of rotatable bonds is 7. The minimum absolute atomic E-state index is 0.0930. The highest BCUT2D eigenvalue weighted by Gasteiger charge is 2.19. The zero-order valence-corrected chi connectivity index (χ0v) is 18.3. The van der Waals surface area contributed by atoms with Gasteiger partial charge in [0, 0.05) is 4.88 Å². The lowest BCUT2D eigenvalue weighted by Gasteiger charge is -2.21. The first kappa shape index (κ1) is 21.0. The van der Waals surface area contributed by atoms with Gasteiger partial charge in [-0.2, -0.15) is 0 Å². The molecular weight excluding hydrogens is 408 g/mol. The number of hydrogen-bond acceptors (Lipinski definition) is 5. The molecule has 1 amide bonds. The average molecular weight is 433 g/mol. The van der Waals surface area contributed by atoms with E-state index in [0.29, 0.717) is 23.3 Å². The van der Waals surface area contributed by atoms with Gasteiger partial charge in [0.2, 0.25) is 5.91 Å². The zero-order valence-electron chi connectivity index (χ0n) is 17.5. The van der Waals surface area contributed by atoms with E-state index in [0.717, 1.165) is 10.4 Å². The van der Waals surface area contributed by atoms with Crippen molar-refractivity contribution in [3.8, 4) is 0 Å². The Kier molecular flexibility index (Phi) is 6.25. The largest absolute Gasteiger partial charge is 0.343 e. The van der Waals surface area contributed by atoms with Gasteiger partial charge < -0.3 is 10.3 Å². The van der Waals surface area contributed by atoms with Gasteiger partial charge in [-0.1, -0.05) is 48.0 Å². The molecule has 4 aromatic rings. The number of H-pyrrole nitrogens is 1. The van der Waals surface area contributed by atoms with Crippen molar-refractivity contribution in [1.82, 2.24) is 20.2 Å². The number of para-hydroxylation sites is 1. The Balaban J connectivity index is 1.45. The van der Waals surface area contributed by atoms with E-state index >= 15 is 0 Å². The van der Waals surface area contributed by atoms with Gasteiger partial charge in [0.05, 0.1) is 30.0 Å². The highest BCUT2D eigenvalue weighted by molar-refractivity contribution is 7.10. The van der Waals surface area contributed by atoms with E-state index < -0.39 is 0 Å². The Bertz CT molecular complexity index is 1230. The first-order valence-electron chi connectivity index (χ1n) is 10.1. The molecule has 1 unspecified atom stereocenters. The predicted molar refractivity (Wildman–Crippen MR) is 124 cm³/mol. The molecule has 0 bridgehead atoms. The Labute approximate surface area is 184 Å². The molecule has 0 aliphatic heterocycles. The van der Waals surface area contributed by atoms with Crippen LogP contribution < -0.4 is 10.9 Å². The molecule has 0 fully saturated rings. The summed E-state index contributed by atoms with van der Waals surface area (Å²) in [6.45, 7) is 2.59. The van der Waals surface area contributed by atoms with Crippen molar-refractivity contribution in [1.29, 1.82) is 0 Å². The normalized spacial score (nSPS) is 12.2. The number of hydrogen-bond donors (Lipinski definition) is 2. The van der Waals surface area contributed by atoms with Crippen LogP contribution in [0.5, 0.6) is 0 Å². The monoisotopic (exact) mass is 432 g/mol. The maximum Gasteiger partial charge on any atom is 0.258 e. The molecule has 2 N–H and O–H groups in total. The van der Waals surface area contributed by atoms with Crippen LogP contribution in [0.4, 0.5) is 0 Å². The minimum Gasteiger partial charge on any atom is -0.343 e. The number of amides is 1. The Morgan fingerprint density at radius 1 is 1.13 bits per heavy atom. The van der Waals surface area contributed by atoms with Crippen LogP contribution in [0.2, 0.25) is 0 Å². The minimum atomic E-state index is -0.194. The van der Waals surface area contributed by atoms with Gasteiger partial charge in [-0.3, -0.25) is 14.5 Å². The smallest absolute Gasteiger partial charge is 0.258 e. The molecular formula is C24H24N4O2S. The summed E-state index contributed by atoms with van der Waals surface area (Å²) in [5, 5.41) is 5.72. The maximum atomic E-state index is 12.8. The first-order chi connectivity index (χ1) is 15.0. The fraction of sp³-hybridized carbons (Fsp3) is 0.208. The van der Waals surface area contributed by atoms with Crippen LogP contribution in [0.1, 0.15) is 27.9 Å². The summed E-state index contributed by atoms with van der Waals surface area (Å²) < 4.78 is 0. The fourth-order valence-corrected chi connectivity index (χ4v) is 4.31. The number of aryl methyl sites for hydroxylation is 1. The van der Waals surface area contributed by atoms with Gasteiger partial charge in [0.1, 0.15) is 5.82 Å². The lowest BCUT2D eigenvalue weighted by Crippen LogP contribution is -2.37. The number of benzene rings is 2. The second-order valence-electron chi connectivity index (χ2n) is 7.63. The van der Waals surface area contributed by atoms with Crippen LogP contribution in [-0.2, 0) is 11.3 Å². The number of likely N-dealkylation sites (N-methyl/N-ethyl adjacent to an activating group) is 1. The second-order valence-corrected chi connectivity index (χ2v) is 8.61. The molecule has 2 aromatic heterocycles. The van der Waals surface area contributed by atoms with E-state index in [9.17, 15) is 9.59 Å². The molecule has 0 saturated carbocycles. The van der Waals surface area contributed by atoms with Gasteiger partial charge in [0.25, 0.3) is 5.56 Å². The molecule has 2 aromatic carbocycles. The number of fused-ring (bicyclic) bond motifs is 1. The molecule has 4 rings (SSSR count). The average Bonchev–Trinajstić information content (AvgIpc) is 3.27. The number of thiophene rings is 1. The van der Waals surface area contributed by atoms with Crippen molar-refractivity contribution >= 4 is 28.1 Å². The predicted octanol–water partition coefficient (Wildman–Crippen LogP) is 3.63. The molecule has 6 nitrogen and oxygen atoms in total. The van der Waals surface area contributed by atoms with Crippen LogP contribution in [-0.4, -0.2) is 34.4 Å². The van der Waals surface area contributed by atoms with Crippen molar-refractivity contribution in [3.05, 3.63) is 98.2 Å². The topological polar surface area (TPSA) is 78.1 Å². The van der Waals surface area contributed by atoms with E-state index in [-0.39, 0.29) is 24.1 Å². The highest BCUT2D eigenvalue weighted by atomic mass is 32.1. The summed E-state index contributed by atoms with van der Waals surface area (Å²) in [4.78, 5) is 35.3. The van der Waals surface area contributed by atoms with Crippen molar-refractivity contribution in [2.24, 2.45) is 0 Å². The number of carbonyl (C=O) groups is 1. The van der Waals surface area contributed by atoms with E-state index in [1.54, 1.807) is 17.4 Å². The summed E-state index contributed by atoms with van der Waals surface area (Å²) in [7, 11) is 1.83. The summed E-state index contributed by atoms with van der Waals surface area (Å²) in [5.41, 5.74) is 2.70. The zero-order chi connectivity index (χ0) is 21.8. The van der Waals surface area contributed by atoms with E-state index in [1.165, 1.54) is 5.56 Å². The first-order valence-corrected chi connectivity index (χ1v) is 10.9. The molecule has 158 valence electrons. The molecule has 0 spiro atoms. The van der Waals surface area contributed by atoms with Crippen LogP contribution >= 0.6 is 11.3 Å². The summed E-state index contributed by atoms with van der Waals surface area (Å²) >= 11 is 1.62. The number of nitrogens with zero attached hydrogens (tertiary/aromatic N) is 2. The van der Waals surface area contributed by atoms with Crippen LogP contribution in [0.15, 0.2) is 70.8 Å².